The molecule has 0 spiro atoms. The molecule has 0 atom stereocenters. The number of hydrogen-bond acceptors (Lipinski definition) is 4. The summed E-state index contributed by atoms with van der Waals surface area (Å²) in [6.07, 6.45) is 3.80. The summed E-state index contributed by atoms with van der Waals surface area (Å²) >= 11 is 0. The van der Waals surface area contributed by atoms with Crippen LogP contribution in [0.5, 0.6) is 0 Å². The van der Waals surface area contributed by atoms with E-state index in [-0.39, 0.29) is 10.3 Å². The highest BCUT2D eigenvalue weighted by Gasteiger charge is 2.22. The fourth-order valence-corrected chi connectivity index (χ4v) is 2.84. The van der Waals surface area contributed by atoms with Gasteiger partial charge >= 0.3 is 0 Å². The average Bonchev–Trinajstić information content (AvgIpc) is 3.11. The minimum absolute atomic E-state index is 0.110. The van der Waals surface area contributed by atoms with Crippen molar-refractivity contribution in [1.82, 2.24) is 4.98 Å². The maximum Gasteiger partial charge on any atom is 0.270 e. The van der Waals surface area contributed by atoms with E-state index in [2.05, 4.69) is 4.98 Å². The highest BCUT2D eigenvalue weighted by atomic mass is 16.5. The standard InChI is InChI=1S/C16H19N3O3/c17-16(20)14-11-22-15(18-14)9-12-3-5-13(6-4-12)10-19(21)7-1-2-8-19/h3-6,11H,1-2,7-10H2,(H2,17,20). The topological polar surface area (TPSA) is 92.2 Å². The number of rotatable bonds is 5. The number of hydroxylamine groups is 3. The average molecular weight is 301 g/mol. The smallest absolute Gasteiger partial charge is 0.270 e. The molecule has 6 nitrogen and oxygen atoms in total. The van der Waals surface area contributed by atoms with Crippen LogP contribution in [0.3, 0.4) is 0 Å². The van der Waals surface area contributed by atoms with Gasteiger partial charge in [-0.05, 0) is 5.56 Å². The number of carbonyl (C=O) groups excluding carboxylic acids is 1. The molecular weight excluding hydrogens is 282 g/mol. The van der Waals surface area contributed by atoms with E-state index in [1.54, 1.807) is 0 Å². The van der Waals surface area contributed by atoms with Gasteiger partial charge in [0.15, 0.2) is 11.6 Å². The number of primary amides is 1. The molecule has 0 aliphatic carbocycles. The minimum atomic E-state index is -0.597. The van der Waals surface area contributed by atoms with Gasteiger partial charge in [-0.25, -0.2) is 4.98 Å². The second kappa shape index (κ2) is 5.90. The maximum absolute atomic E-state index is 12.4. The first kappa shape index (κ1) is 14.7. The summed E-state index contributed by atoms with van der Waals surface area (Å²) in [5.41, 5.74) is 7.34. The molecule has 3 rings (SSSR count). The number of nitrogens with two attached hydrogens (primary N) is 1. The predicted molar refractivity (Wildman–Crippen MR) is 80.6 cm³/mol. The van der Waals surface area contributed by atoms with Crippen LogP contribution in [-0.4, -0.2) is 28.6 Å². The zero-order chi connectivity index (χ0) is 15.6. The molecule has 2 N–H and O–H groups in total. The van der Waals surface area contributed by atoms with Gasteiger partial charge in [-0.2, -0.15) is 0 Å². The van der Waals surface area contributed by atoms with Gasteiger partial charge in [-0.15, -0.1) is 0 Å². The lowest BCUT2D eigenvalue weighted by molar-refractivity contribution is -0.881. The predicted octanol–water partition coefficient (Wildman–Crippen LogP) is 1.97. The first-order chi connectivity index (χ1) is 10.5. The summed E-state index contributed by atoms with van der Waals surface area (Å²) in [5, 5.41) is 12.4. The first-order valence-corrected chi connectivity index (χ1v) is 7.43. The lowest BCUT2D eigenvalue weighted by atomic mass is 10.1. The second-order valence-electron chi connectivity index (χ2n) is 5.85. The molecule has 2 aromatic rings. The fourth-order valence-electron chi connectivity index (χ4n) is 2.84. The molecule has 0 bridgehead atoms. The van der Waals surface area contributed by atoms with Crippen LogP contribution in [0.15, 0.2) is 34.9 Å². The summed E-state index contributed by atoms with van der Waals surface area (Å²) in [6.45, 7) is 1.97. The number of amides is 1. The summed E-state index contributed by atoms with van der Waals surface area (Å²) in [6, 6.07) is 7.88. The maximum atomic E-state index is 12.4. The van der Waals surface area contributed by atoms with Crippen molar-refractivity contribution < 1.29 is 13.9 Å². The molecule has 6 heteroatoms. The third-order valence-electron chi connectivity index (χ3n) is 4.03. The lowest BCUT2D eigenvalue weighted by Crippen LogP contribution is -2.37. The molecule has 1 aromatic carbocycles. The Kier molecular flexibility index (Phi) is 3.96. The number of carbonyl (C=O) groups is 1. The lowest BCUT2D eigenvalue weighted by Gasteiger charge is -2.38. The quantitative estimate of drug-likeness (QED) is 0.675. The Hall–Kier alpha value is -2.18. The van der Waals surface area contributed by atoms with Gasteiger partial charge in [0.2, 0.25) is 0 Å². The van der Waals surface area contributed by atoms with E-state index in [0.717, 1.165) is 24.0 Å². The van der Waals surface area contributed by atoms with E-state index in [4.69, 9.17) is 10.2 Å². The molecule has 1 saturated heterocycles. The van der Waals surface area contributed by atoms with Crippen molar-refractivity contribution in [3.05, 3.63) is 58.4 Å². The Bertz CT molecular complexity index is 658. The minimum Gasteiger partial charge on any atom is -0.633 e. The van der Waals surface area contributed by atoms with E-state index >= 15 is 0 Å². The highest BCUT2D eigenvalue weighted by Crippen LogP contribution is 2.22. The SMILES string of the molecule is NC(=O)c1coc(Cc2ccc(C[N+]3([O-])CCCC3)cc2)n1. The zero-order valence-corrected chi connectivity index (χ0v) is 12.3. The number of aromatic nitrogens is 1. The van der Waals surface area contributed by atoms with E-state index in [1.807, 2.05) is 24.3 Å². The molecule has 1 aliphatic heterocycles. The number of oxazole rings is 1. The molecule has 0 radical (unpaired) electrons. The number of nitrogens with zero attached hydrogens (tertiary/aromatic N) is 2. The van der Waals surface area contributed by atoms with E-state index in [9.17, 15) is 10.0 Å². The monoisotopic (exact) mass is 301 g/mol. The summed E-state index contributed by atoms with van der Waals surface area (Å²) < 4.78 is 5.11. The zero-order valence-electron chi connectivity index (χ0n) is 12.3. The van der Waals surface area contributed by atoms with E-state index in [0.29, 0.717) is 31.9 Å². The van der Waals surface area contributed by atoms with Crippen molar-refractivity contribution in [3.63, 3.8) is 0 Å². The molecule has 116 valence electrons. The number of likely N-dealkylation sites (tertiary alicyclic amines) is 1. The highest BCUT2D eigenvalue weighted by molar-refractivity contribution is 5.90. The van der Waals surface area contributed by atoms with Crippen LogP contribution in [0.4, 0.5) is 0 Å². The Morgan fingerprint density at radius 2 is 1.86 bits per heavy atom. The van der Waals surface area contributed by atoms with Gasteiger partial charge in [0.1, 0.15) is 12.8 Å². The third kappa shape index (κ3) is 3.35. The Morgan fingerprint density at radius 1 is 1.23 bits per heavy atom. The van der Waals surface area contributed by atoms with Crippen LogP contribution in [0.25, 0.3) is 0 Å². The van der Waals surface area contributed by atoms with Crippen molar-refractivity contribution in [2.75, 3.05) is 13.1 Å². The van der Waals surface area contributed by atoms with Crippen LogP contribution < -0.4 is 5.73 Å². The van der Waals surface area contributed by atoms with Gasteiger partial charge in [0.25, 0.3) is 5.91 Å². The number of hydrogen-bond donors (Lipinski definition) is 1. The Labute approximate surface area is 128 Å². The van der Waals surface area contributed by atoms with Crippen LogP contribution in [0.2, 0.25) is 0 Å². The van der Waals surface area contributed by atoms with Crippen molar-refractivity contribution in [3.8, 4) is 0 Å². The van der Waals surface area contributed by atoms with E-state index < -0.39 is 5.91 Å². The molecule has 1 amide bonds. The van der Waals surface area contributed by atoms with Crippen molar-refractivity contribution in [2.45, 2.75) is 25.8 Å². The summed E-state index contributed by atoms with van der Waals surface area (Å²) in [4.78, 5) is 15.0. The number of quaternary nitrogens is 1. The Morgan fingerprint density at radius 3 is 2.45 bits per heavy atom. The largest absolute Gasteiger partial charge is 0.633 e. The van der Waals surface area contributed by atoms with Gasteiger partial charge in [0.05, 0.1) is 13.1 Å². The molecule has 22 heavy (non-hydrogen) atoms. The summed E-state index contributed by atoms with van der Waals surface area (Å²) in [5.74, 6) is -0.145. The van der Waals surface area contributed by atoms with Crippen molar-refractivity contribution in [2.24, 2.45) is 5.73 Å². The molecule has 1 fully saturated rings. The Balaban J connectivity index is 1.64. The number of benzene rings is 1. The van der Waals surface area contributed by atoms with Gasteiger partial charge in [-0.3, -0.25) is 4.79 Å². The molecule has 1 aliphatic rings. The normalized spacial score (nSPS) is 16.8. The fraction of sp³-hybridized carbons (Fsp3) is 0.375. The van der Waals surface area contributed by atoms with Crippen molar-refractivity contribution in [1.29, 1.82) is 0 Å². The van der Waals surface area contributed by atoms with Crippen LogP contribution in [0, 0.1) is 5.21 Å². The molecule has 1 aromatic heterocycles. The molecule has 2 heterocycles. The van der Waals surface area contributed by atoms with Crippen LogP contribution in [-0.2, 0) is 13.0 Å². The summed E-state index contributed by atoms with van der Waals surface area (Å²) in [7, 11) is 0. The van der Waals surface area contributed by atoms with Gasteiger partial charge < -0.3 is 20.0 Å². The van der Waals surface area contributed by atoms with Gasteiger partial charge in [0, 0.05) is 24.8 Å². The van der Waals surface area contributed by atoms with E-state index in [1.165, 1.54) is 6.26 Å². The first-order valence-electron chi connectivity index (χ1n) is 7.43. The second-order valence-corrected chi connectivity index (χ2v) is 5.85. The van der Waals surface area contributed by atoms with Crippen LogP contribution >= 0.6 is 0 Å². The molecular formula is C16H19N3O3. The third-order valence-corrected chi connectivity index (χ3v) is 4.03. The van der Waals surface area contributed by atoms with Crippen molar-refractivity contribution >= 4 is 5.91 Å². The molecule has 0 unspecified atom stereocenters. The van der Waals surface area contributed by atoms with Gasteiger partial charge in [-0.1, -0.05) is 24.3 Å². The molecule has 0 saturated carbocycles. The van der Waals surface area contributed by atoms with Crippen LogP contribution in [0.1, 0.15) is 40.3 Å².